The lowest BCUT2D eigenvalue weighted by Gasteiger charge is -2.22. The molecule has 0 saturated carbocycles. The van der Waals surface area contributed by atoms with Crippen LogP contribution >= 0.6 is 11.3 Å². The van der Waals surface area contributed by atoms with E-state index in [4.69, 9.17) is 19.6 Å². The molecule has 2 fully saturated rings. The number of nitrogens with one attached hydrogen (secondary N) is 1. The van der Waals surface area contributed by atoms with E-state index in [0.717, 1.165) is 86.2 Å². The summed E-state index contributed by atoms with van der Waals surface area (Å²) >= 11 is 1.51. The van der Waals surface area contributed by atoms with Crippen molar-refractivity contribution in [2.75, 3.05) is 33.0 Å². The number of hydrogen-bond donors (Lipinski definition) is 1. The van der Waals surface area contributed by atoms with Gasteiger partial charge in [-0.1, -0.05) is 0 Å². The minimum Gasteiger partial charge on any atom is -0.381 e. The summed E-state index contributed by atoms with van der Waals surface area (Å²) in [7, 11) is 0. The van der Waals surface area contributed by atoms with Gasteiger partial charge in [0.1, 0.15) is 16.5 Å². The van der Waals surface area contributed by atoms with Gasteiger partial charge in [0, 0.05) is 56.7 Å². The number of thiazole rings is 1. The highest BCUT2D eigenvalue weighted by Crippen LogP contribution is 2.34. The normalized spacial score (nSPS) is 17.5. The van der Waals surface area contributed by atoms with E-state index in [1.165, 1.54) is 23.5 Å². The third kappa shape index (κ3) is 6.34. The van der Waals surface area contributed by atoms with Crippen LogP contribution in [0.2, 0.25) is 0 Å². The molecule has 2 aromatic heterocycles. The number of carbonyl (C=O) groups excluding carboxylic acids is 1. The van der Waals surface area contributed by atoms with Gasteiger partial charge in [-0.25, -0.2) is 9.37 Å². The topological polar surface area (TPSA) is 78.3 Å². The molecule has 186 valence electrons. The molecule has 0 spiro atoms. The Morgan fingerprint density at radius 1 is 1.06 bits per heavy atom. The largest absolute Gasteiger partial charge is 0.381 e. The van der Waals surface area contributed by atoms with Gasteiger partial charge in [-0.05, 0) is 61.8 Å². The maximum atomic E-state index is 13.6. The number of ether oxygens (including phenoxy) is 2. The first-order valence-electron chi connectivity index (χ1n) is 12.3. The maximum absolute atomic E-state index is 13.6. The zero-order valence-corrected chi connectivity index (χ0v) is 20.6. The summed E-state index contributed by atoms with van der Waals surface area (Å²) in [5, 5.41) is 10.7. The Bertz CT molecular complexity index is 1120. The third-order valence-electron chi connectivity index (χ3n) is 6.72. The van der Waals surface area contributed by atoms with Crippen LogP contribution in [0, 0.1) is 17.7 Å². The number of aromatic nitrogens is 3. The van der Waals surface area contributed by atoms with E-state index in [9.17, 15) is 9.18 Å². The highest BCUT2D eigenvalue weighted by atomic mass is 32.1. The molecule has 35 heavy (non-hydrogen) atoms. The minimum absolute atomic E-state index is 0.0117. The minimum atomic E-state index is -0.278. The molecule has 7 nitrogen and oxygen atoms in total. The van der Waals surface area contributed by atoms with Gasteiger partial charge in [0.15, 0.2) is 0 Å². The quantitative estimate of drug-likeness (QED) is 0.500. The summed E-state index contributed by atoms with van der Waals surface area (Å²) in [5.41, 5.74) is 3.28. The third-order valence-corrected chi connectivity index (χ3v) is 7.64. The molecule has 0 unspecified atom stereocenters. The summed E-state index contributed by atoms with van der Waals surface area (Å²) in [6.07, 6.45) is 6.30. The van der Waals surface area contributed by atoms with Crippen molar-refractivity contribution >= 4 is 17.2 Å². The number of benzene rings is 1. The summed E-state index contributed by atoms with van der Waals surface area (Å²) in [5.74, 6) is 0.713. The molecule has 5 rings (SSSR count). The summed E-state index contributed by atoms with van der Waals surface area (Å²) in [4.78, 5) is 17.3. The average molecular weight is 499 g/mol. The van der Waals surface area contributed by atoms with Crippen molar-refractivity contribution in [2.45, 2.75) is 38.6 Å². The fraction of sp³-hybridized carbons (Fsp3) is 0.500. The Hall–Kier alpha value is -2.62. The van der Waals surface area contributed by atoms with Crippen LogP contribution < -0.4 is 5.32 Å². The molecule has 1 N–H and O–H groups in total. The summed E-state index contributed by atoms with van der Waals surface area (Å²) < 4.78 is 26.4. The number of halogens is 1. The molecule has 0 radical (unpaired) electrons. The van der Waals surface area contributed by atoms with Gasteiger partial charge in [0.05, 0.1) is 17.7 Å². The molecule has 1 aromatic carbocycles. The molecule has 3 aromatic rings. The van der Waals surface area contributed by atoms with Crippen LogP contribution in [0.5, 0.6) is 0 Å². The second kappa shape index (κ2) is 11.4. The standard InChI is InChI=1S/C26H31FN4O3S/c27-21-3-1-20(2-4-21)25-23(16-31(30-25)15-19-7-11-34-12-8-19)26-29-22(17-35-26)13-24(32)28-14-18-5-9-33-10-6-18/h1-4,16-19H,5-15H2,(H,28,32). The Morgan fingerprint density at radius 3 is 2.46 bits per heavy atom. The van der Waals surface area contributed by atoms with Crippen molar-refractivity contribution in [2.24, 2.45) is 11.8 Å². The van der Waals surface area contributed by atoms with E-state index < -0.39 is 0 Å². The van der Waals surface area contributed by atoms with Crippen molar-refractivity contribution in [1.82, 2.24) is 20.1 Å². The number of hydrogen-bond acceptors (Lipinski definition) is 6. The Labute approximate surface area is 208 Å². The number of carbonyl (C=O) groups is 1. The molecular formula is C26H31FN4O3S. The van der Waals surface area contributed by atoms with Gasteiger partial charge in [-0.15, -0.1) is 11.3 Å². The Kier molecular flexibility index (Phi) is 7.85. The molecule has 2 aliphatic rings. The highest BCUT2D eigenvalue weighted by Gasteiger charge is 2.21. The van der Waals surface area contributed by atoms with Gasteiger partial charge in [0.2, 0.25) is 5.91 Å². The van der Waals surface area contributed by atoms with E-state index in [1.54, 1.807) is 12.1 Å². The van der Waals surface area contributed by atoms with E-state index in [-0.39, 0.29) is 18.1 Å². The van der Waals surface area contributed by atoms with Gasteiger partial charge in [0.25, 0.3) is 0 Å². The Morgan fingerprint density at radius 2 is 1.74 bits per heavy atom. The lowest BCUT2D eigenvalue weighted by molar-refractivity contribution is -0.120. The summed E-state index contributed by atoms with van der Waals surface area (Å²) in [6, 6.07) is 6.40. The van der Waals surface area contributed by atoms with Crippen LogP contribution in [-0.2, 0) is 27.2 Å². The molecule has 9 heteroatoms. The second-order valence-electron chi connectivity index (χ2n) is 9.36. The predicted octanol–water partition coefficient (Wildman–Crippen LogP) is 4.32. The average Bonchev–Trinajstić information content (AvgIpc) is 3.51. The van der Waals surface area contributed by atoms with Crippen LogP contribution in [0.25, 0.3) is 21.8 Å². The molecule has 0 bridgehead atoms. The van der Waals surface area contributed by atoms with Crippen molar-refractivity contribution in [1.29, 1.82) is 0 Å². The molecule has 0 atom stereocenters. The fourth-order valence-electron chi connectivity index (χ4n) is 4.63. The monoisotopic (exact) mass is 498 g/mol. The lowest BCUT2D eigenvalue weighted by Crippen LogP contribution is -2.33. The smallest absolute Gasteiger partial charge is 0.226 e. The van der Waals surface area contributed by atoms with E-state index in [2.05, 4.69) is 5.32 Å². The molecule has 1 amide bonds. The van der Waals surface area contributed by atoms with E-state index in [1.807, 2.05) is 16.3 Å². The first kappa shape index (κ1) is 24.1. The van der Waals surface area contributed by atoms with Crippen molar-refractivity contribution in [3.8, 4) is 21.8 Å². The van der Waals surface area contributed by atoms with Crippen molar-refractivity contribution < 1.29 is 18.7 Å². The van der Waals surface area contributed by atoms with E-state index >= 15 is 0 Å². The maximum Gasteiger partial charge on any atom is 0.226 e. The number of rotatable bonds is 8. The zero-order valence-electron chi connectivity index (χ0n) is 19.7. The molecular weight excluding hydrogens is 467 g/mol. The molecule has 4 heterocycles. The van der Waals surface area contributed by atoms with Crippen LogP contribution in [0.4, 0.5) is 4.39 Å². The predicted molar refractivity (Wildman–Crippen MR) is 133 cm³/mol. The van der Waals surface area contributed by atoms with Gasteiger partial charge in [-0.3, -0.25) is 9.48 Å². The number of nitrogens with zero attached hydrogens (tertiary/aromatic N) is 3. The number of amides is 1. The summed E-state index contributed by atoms with van der Waals surface area (Å²) in [6.45, 7) is 4.62. The van der Waals surface area contributed by atoms with Crippen molar-refractivity contribution in [3.63, 3.8) is 0 Å². The SMILES string of the molecule is O=C(Cc1csc(-c2cn(CC3CCOCC3)nc2-c2ccc(F)cc2)n1)NCC1CCOCC1. The first-order chi connectivity index (χ1) is 17.1. The van der Waals surface area contributed by atoms with E-state index in [0.29, 0.717) is 18.4 Å². The van der Waals surface area contributed by atoms with Gasteiger partial charge < -0.3 is 14.8 Å². The fourth-order valence-corrected chi connectivity index (χ4v) is 5.46. The first-order valence-corrected chi connectivity index (χ1v) is 13.2. The molecule has 2 saturated heterocycles. The van der Waals surface area contributed by atoms with Gasteiger partial charge >= 0.3 is 0 Å². The van der Waals surface area contributed by atoms with Crippen molar-refractivity contribution in [3.05, 3.63) is 47.4 Å². The zero-order chi connectivity index (χ0) is 24.0. The second-order valence-corrected chi connectivity index (χ2v) is 10.2. The van der Waals surface area contributed by atoms with Crippen LogP contribution in [0.3, 0.4) is 0 Å². The molecule has 2 aliphatic heterocycles. The lowest BCUT2D eigenvalue weighted by atomic mass is 10.0. The highest BCUT2D eigenvalue weighted by molar-refractivity contribution is 7.13. The van der Waals surface area contributed by atoms with Crippen LogP contribution in [-0.4, -0.2) is 53.6 Å². The van der Waals surface area contributed by atoms with Crippen LogP contribution in [0.1, 0.15) is 31.4 Å². The van der Waals surface area contributed by atoms with Crippen LogP contribution in [0.15, 0.2) is 35.8 Å². The Balaban J connectivity index is 1.31. The van der Waals surface area contributed by atoms with Gasteiger partial charge in [-0.2, -0.15) is 5.10 Å². The molecule has 0 aliphatic carbocycles.